The molecule has 1 unspecified atom stereocenters. The van der Waals surface area contributed by atoms with Crippen molar-refractivity contribution in [3.63, 3.8) is 0 Å². The second-order valence-corrected chi connectivity index (χ2v) is 5.15. The Morgan fingerprint density at radius 3 is 2.82 bits per heavy atom. The van der Waals surface area contributed by atoms with Crippen LogP contribution in [0.3, 0.4) is 0 Å². The van der Waals surface area contributed by atoms with Gasteiger partial charge in [-0.25, -0.2) is 0 Å². The topological polar surface area (TPSA) is 23.5 Å². The number of hydrogen-bond acceptors (Lipinski definition) is 2. The van der Waals surface area contributed by atoms with Gasteiger partial charge in [-0.2, -0.15) is 0 Å². The lowest BCUT2D eigenvalue weighted by Gasteiger charge is -2.23. The first-order valence-electron chi connectivity index (χ1n) is 5.85. The van der Waals surface area contributed by atoms with E-state index in [1.54, 1.807) is 6.92 Å². The van der Waals surface area contributed by atoms with Crippen molar-refractivity contribution in [3.05, 3.63) is 40.9 Å². The summed E-state index contributed by atoms with van der Waals surface area (Å²) in [6.07, 6.45) is 3.58. The van der Waals surface area contributed by atoms with Gasteiger partial charge in [0, 0.05) is 29.3 Å². The van der Waals surface area contributed by atoms with Gasteiger partial charge < -0.3 is 10.0 Å². The van der Waals surface area contributed by atoms with Crippen molar-refractivity contribution in [3.8, 4) is 0 Å². The Hall–Kier alpha value is -0.800. The van der Waals surface area contributed by atoms with E-state index in [-0.39, 0.29) is 0 Å². The molecule has 1 N–H and O–H groups in total. The Labute approximate surface area is 112 Å². The largest absolute Gasteiger partial charge is 0.389 e. The third-order valence-corrected chi connectivity index (χ3v) is 3.25. The van der Waals surface area contributed by atoms with Crippen LogP contribution in [-0.4, -0.2) is 18.7 Å². The average molecular weight is 298 g/mol. The van der Waals surface area contributed by atoms with E-state index < -0.39 is 6.10 Å². The van der Waals surface area contributed by atoms with Crippen LogP contribution in [0.4, 0.5) is 5.69 Å². The summed E-state index contributed by atoms with van der Waals surface area (Å²) in [7, 11) is 2.05. The molecule has 0 saturated carbocycles. The van der Waals surface area contributed by atoms with Crippen LogP contribution in [0, 0.1) is 0 Å². The molecule has 0 aromatic heterocycles. The first kappa shape index (κ1) is 14.3. The first-order valence-corrected chi connectivity index (χ1v) is 6.65. The summed E-state index contributed by atoms with van der Waals surface area (Å²) in [4.78, 5) is 2.18. The van der Waals surface area contributed by atoms with Crippen LogP contribution >= 0.6 is 15.9 Å². The van der Waals surface area contributed by atoms with E-state index in [4.69, 9.17) is 0 Å². The quantitative estimate of drug-likeness (QED) is 0.636. The molecule has 0 aliphatic heterocycles. The van der Waals surface area contributed by atoms with Crippen LogP contribution in [0.15, 0.2) is 35.3 Å². The van der Waals surface area contributed by atoms with Gasteiger partial charge >= 0.3 is 0 Å². The molecular formula is C14H20BrNO. The van der Waals surface area contributed by atoms with E-state index in [2.05, 4.69) is 40.5 Å². The Bertz CT molecular complexity index is 376. The lowest BCUT2D eigenvalue weighted by molar-refractivity contribution is 0.199. The van der Waals surface area contributed by atoms with Crippen molar-refractivity contribution in [1.82, 2.24) is 0 Å². The fourth-order valence-electron chi connectivity index (χ4n) is 1.79. The highest BCUT2D eigenvalue weighted by atomic mass is 79.9. The predicted molar refractivity (Wildman–Crippen MR) is 77.5 cm³/mol. The van der Waals surface area contributed by atoms with Gasteiger partial charge in [-0.15, -0.1) is 6.58 Å². The predicted octanol–water partition coefficient (Wildman–Crippen LogP) is 3.90. The molecule has 0 heterocycles. The molecule has 0 fully saturated rings. The molecule has 0 aliphatic carbocycles. The molecule has 1 aromatic carbocycles. The summed E-state index contributed by atoms with van der Waals surface area (Å²) in [6.45, 7) is 6.48. The van der Waals surface area contributed by atoms with E-state index in [1.165, 1.54) is 0 Å². The SMILES string of the molecule is C=CCCCN(C)c1cc(Br)ccc1C(C)O. The van der Waals surface area contributed by atoms with Crippen LogP contribution in [0.5, 0.6) is 0 Å². The fraction of sp³-hybridized carbons (Fsp3) is 0.429. The van der Waals surface area contributed by atoms with Crippen molar-refractivity contribution in [2.24, 2.45) is 0 Å². The number of hydrogen-bond donors (Lipinski definition) is 1. The molecule has 1 aromatic rings. The third kappa shape index (κ3) is 4.17. The van der Waals surface area contributed by atoms with E-state index in [0.717, 1.165) is 35.1 Å². The number of halogens is 1. The number of allylic oxidation sites excluding steroid dienone is 1. The Balaban J connectivity index is 2.86. The number of nitrogens with zero attached hydrogens (tertiary/aromatic N) is 1. The Kier molecular flexibility index (Phi) is 5.72. The highest BCUT2D eigenvalue weighted by Crippen LogP contribution is 2.29. The molecule has 0 amide bonds. The third-order valence-electron chi connectivity index (χ3n) is 2.76. The molecule has 2 nitrogen and oxygen atoms in total. The number of rotatable bonds is 6. The minimum atomic E-state index is -0.444. The molecule has 0 bridgehead atoms. The minimum absolute atomic E-state index is 0.444. The summed E-state index contributed by atoms with van der Waals surface area (Å²) in [5.74, 6) is 0. The van der Waals surface area contributed by atoms with Gasteiger partial charge in [-0.3, -0.25) is 0 Å². The second-order valence-electron chi connectivity index (χ2n) is 4.23. The van der Waals surface area contributed by atoms with Gasteiger partial charge in [0.25, 0.3) is 0 Å². The maximum atomic E-state index is 9.76. The maximum Gasteiger partial charge on any atom is 0.0782 e. The van der Waals surface area contributed by atoms with Gasteiger partial charge in [0.1, 0.15) is 0 Å². The van der Waals surface area contributed by atoms with E-state index >= 15 is 0 Å². The average Bonchev–Trinajstić information content (AvgIpc) is 2.28. The van der Waals surface area contributed by atoms with Gasteiger partial charge in [0.05, 0.1) is 6.10 Å². The first-order chi connectivity index (χ1) is 8.06. The molecule has 0 radical (unpaired) electrons. The van der Waals surface area contributed by atoms with Crippen molar-refractivity contribution in [2.45, 2.75) is 25.9 Å². The molecule has 94 valence electrons. The molecule has 0 saturated heterocycles. The highest BCUT2D eigenvalue weighted by Gasteiger charge is 2.11. The number of aliphatic hydroxyl groups excluding tert-OH is 1. The maximum absolute atomic E-state index is 9.76. The van der Waals surface area contributed by atoms with Crippen LogP contribution in [0.2, 0.25) is 0 Å². The minimum Gasteiger partial charge on any atom is -0.389 e. The van der Waals surface area contributed by atoms with Crippen molar-refractivity contribution in [1.29, 1.82) is 0 Å². The fourth-order valence-corrected chi connectivity index (χ4v) is 2.14. The number of benzene rings is 1. The molecule has 0 spiro atoms. The van der Waals surface area contributed by atoms with Crippen LogP contribution in [-0.2, 0) is 0 Å². The van der Waals surface area contributed by atoms with Crippen molar-refractivity contribution in [2.75, 3.05) is 18.5 Å². The van der Waals surface area contributed by atoms with Crippen molar-refractivity contribution < 1.29 is 5.11 Å². The van der Waals surface area contributed by atoms with Crippen LogP contribution < -0.4 is 4.90 Å². The monoisotopic (exact) mass is 297 g/mol. The summed E-state index contributed by atoms with van der Waals surface area (Å²) in [5.41, 5.74) is 2.05. The number of anilines is 1. The lowest BCUT2D eigenvalue weighted by atomic mass is 10.1. The van der Waals surface area contributed by atoms with E-state index in [1.807, 2.05) is 18.2 Å². The zero-order valence-electron chi connectivity index (χ0n) is 10.5. The van der Waals surface area contributed by atoms with E-state index in [0.29, 0.717) is 0 Å². The van der Waals surface area contributed by atoms with Crippen LogP contribution in [0.25, 0.3) is 0 Å². The Morgan fingerprint density at radius 2 is 2.24 bits per heavy atom. The number of aliphatic hydroxyl groups is 1. The summed E-state index contributed by atoms with van der Waals surface area (Å²) < 4.78 is 1.03. The molecule has 1 rings (SSSR count). The normalized spacial score (nSPS) is 12.2. The smallest absolute Gasteiger partial charge is 0.0782 e. The molecule has 17 heavy (non-hydrogen) atoms. The summed E-state index contributed by atoms with van der Waals surface area (Å²) >= 11 is 3.47. The second kappa shape index (κ2) is 6.82. The molecule has 0 aliphatic rings. The van der Waals surface area contributed by atoms with Gasteiger partial charge in [-0.1, -0.05) is 28.1 Å². The standard InChI is InChI=1S/C14H20BrNO/c1-4-5-6-9-16(3)14-10-12(15)7-8-13(14)11(2)17/h4,7-8,10-11,17H,1,5-6,9H2,2-3H3. The molecule has 1 atom stereocenters. The highest BCUT2D eigenvalue weighted by molar-refractivity contribution is 9.10. The van der Waals surface area contributed by atoms with Gasteiger partial charge in [0.15, 0.2) is 0 Å². The van der Waals surface area contributed by atoms with Gasteiger partial charge in [-0.05, 0) is 31.9 Å². The van der Waals surface area contributed by atoms with Crippen LogP contribution in [0.1, 0.15) is 31.4 Å². The summed E-state index contributed by atoms with van der Waals surface area (Å²) in [5, 5.41) is 9.76. The zero-order chi connectivity index (χ0) is 12.8. The molecule has 3 heteroatoms. The lowest BCUT2D eigenvalue weighted by Crippen LogP contribution is -2.20. The van der Waals surface area contributed by atoms with Crippen molar-refractivity contribution >= 4 is 21.6 Å². The zero-order valence-corrected chi connectivity index (χ0v) is 12.1. The Morgan fingerprint density at radius 1 is 1.53 bits per heavy atom. The molecular weight excluding hydrogens is 278 g/mol. The number of unbranched alkanes of at least 4 members (excludes halogenated alkanes) is 1. The summed E-state index contributed by atoms with van der Waals surface area (Å²) in [6, 6.07) is 5.98. The van der Waals surface area contributed by atoms with Gasteiger partial charge in [0.2, 0.25) is 0 Å². The van der Waals surface area contributed by atoms with E-state index in [9.17, 15) is 5.11 Å².